The number of rotatable bonds is 6. The van der Waals surface area contributed by atoms with Crippen LogP contribution in [0.1, 0.15) is 36.3 Å². The van der Waals surface area contributed by atoms with E-state index in [4.69, 9.17) is 0 Å². The SMILES string of the molecule is CS(=O)(=O)c1ccc(CCC(=O)C2C(=O)CC(c3ccccc3)CC2=O)cc1. The Kier molecular flexibility index (Phi) is 5.89. The molecule has 2 aromatic rings. The van der Waals surface area contributed by atoms with Gasteiger partial charge in [-0.05, 0) is 35.6 Å². The molecule has 0 amide bonds. The molecule has 0 aromatic heterocycles. The van der Waals surface area contributed by atoms with Gasteiger partial charge in [-0.15, -0.1) is 0 Å². The molecule has 2 aromatic carbocycles. The first kappa shape index (κ1) is 20.1. The highest BCUT2D eigenvalue weighted by Crippen LogP contribution is 2.32. The van der Waals surface area contributed by atoms with E-state index in [9.17, 15) is 22.8 Å². The zero-order valence-electron chi connectivity index (χ0n) is 15.6. The number of hydrogen-bond donors (Lipinski definition) is 0. The maximum absolute atomic E-state index is 12.5. The summed E-state index contributed by atoms with van der Waals surface area (Å²) in [6.07, 6.45) is 1.98. The van der Waals surface area contributed by atoms with Gasteiger partial charge in [-0.1, -0.05) is 42.5 Å². The molecular weight excluding hydrogens is 376 g/mol. The summed E-state index contributed by atoms with van der Waals surface area (Å²) in [6, 6.07) is 15.7. The molecule has 0 unspecified atom stereocenters. The Morgan fingerprint density at radius 1 is 0.929 bits per heavy atom. The molecule has 3 rings (SSSR count). The second-order valence-electron chi connectivity index (χ2n) is 7.26. The maximum atomic E-state index is 12.5. The molecule has 1 saturated carbocycles. The molecule has 0 radical (unpaired) electrons. The minimum Gasteiger partial charge on any atom is -0.298 e. The lowest BCUT2D eigenvalue weighted by Gasteiger charge is -2.26. The van der Waals surface area contributed by atoms with Crippen LogP contribution in [-0.4, -0.2) is 32.0 Å². The van der Waals surface area contributed by atoms with Crippen LogP contribution in [0.15, 0.2) is 59.5 Å². The molecule has 1 aliphatic carbocycles. The first-order valence-corrected chi connectivity index (χ1v) is 11.1. The van der Waals surface area contributed by atoms with Crippen molar-refractivity contribution in [3.8, 4) is 0 Å². The molecule has 1 fully saturated rings. The summed E-state index contributed by atoms with van der Waals surface area (Å²) < 4.78 is 23.0. The predicted molar refractivity (Wildman–Crippen MR) is 105 cm³/mol. The van der Waals surface area contributed by atoms with E-state index in [2.05, 4.69) is 0 Å². The van der Waals surface area contributed by atoms with E-state index < -0.39 is 15.8 Å². The number of ketones is 3. The van der Waals surface area contributed by atoms with E-state index in [0.717, 1.165) is 17.4 Å². The van der Waals surface area contributed by atoms with Crippen molar-refractivity contribution in [3.63, 3.8) is 0 Å². The third-order valence-electron chi connectivity index (χ3n) is 5.14. The van der Waals surface area contributed by atoms with E-state index in [1.807, 2.05) is 30.3 Å². The summed E-state index contributed by atoms with van der Waals surface area (Å²) in [6.45, 7) is 0. The molecule has 0 saturated heterocycles. The third-order valence-corrected chi connectivity index (χ3v) is 6.27. The summed E-state index contributed by atoms with van der Waals surface area (Å²) in [7, 11) is -3.27. The fourth-order valence-corrected chi connectivity index (χ4v) is 4.24. The van der Waals surface area contributed by atoms with Crippen molar-refractivity contribution in [2.75, 3.05) is 6.26 Å². The van der Waals surface area contributed by atoms with Gasteiger partial charge in [0, 0.05) is 25.5 Å². The lowest BCUT2D eigenvalue weighted by atomic mass is 9.74. The van der Waals surface area contributed by atoms with Crippen molar-refractivity contribution in [2.24, 2.45) is 5.92 Å². The first-order chi connectivity index (χ1) is 13.3. The van der Waals surface area contributed by atoms with Crippen molar-refractivity contribution in [1.29, 1.82) is 0 Å². The van der Waals surface area contributed by atoms with Crippen LogP contribution in [0.5, 0.6) is 0 Å². The largest absolute Gasteiger partial charge is 0.298 e. The van der Waals surface area contributed by atoms with Crippen LogP contribution in [0.3, 0.4) is 0 Å². The Hall–Kier alpha value is -2.60. The van der Waals surface area contributed by atoms with Crippen LogP contribution in [0, 0.1) is 5.92 Å². The number of carbonyl (C=O) groups is 3. The quantitative estimate of drug-likeness (QED) is 0.699. The van der Waals surface area contributed by atoms with Crippen LogP contribution >= 0.6 is 0 Å². The molecule has 5 nitrogen and oxygen atoms in total. The highest BCUT2D eigenvalue weighted by molar-refractivity contribution is 7.90. The number of sulfone groups is 1. The third kappa shape index (κ3) is 4.62. The van der Waals surface area contributed by atoms with Crippen molar-refractivity contribution >= 4 is 27.2 Å². The van der Waals surface area contributed by atoms with Gasteiger partial charge in [0.25, 0.3) is 0 Å². The van der Waals surface area contributed by atoms with Gasteiger partial charge in [-0.3, -0.25) is 14.4 Å². The second-order valence-corrected chi connectivity index (χ2v) is 9.28. The van der Waals surface area contributed by atoms with Crippen LogP contribution in [0.25, 0.3) is 0 Å². The molecule has 1 aliphatic rings. The summed E-state index contributed by atoms with van der Waals surface area (Å²) in [5.74, 6) is -2.28. The standard InChI is InChI=1S/C22H22O5S/c1-28(26,27)18-10-7-15(8-11-18)9-12-19(23)22-20(24)13-17(14-21(22)25)16-5-3-2-4-6-16/h2-8,10-11,17,22H,9,12-14H2,1H3. The zero-order chi connectivity index (χ0) is 20.3. The van der Waals surface area contributed by atoms with Crippen molar-refractivity contribution in [3.05, 3.63) is 65.7 Å². The van der Waals surface area contributed by atoms with Gasteiger partial charge in [0.15, 0.2) is 27.2 Å². The highest BCUT2D eigenvalue weighted by atomic mass is 32.2. The van der Waals surface area contributed by atoms with Crippen molar-refractivity contribution < 1.29 is 22.8 Å². The van der Waals surface area contributed by atoms with Crippen LogP contribution in [-0.2, 0) is 30.6 Å². The van der Waals surface area contributed by atoms with Gasteiger partial charge in [0.05, 0.1) is 4.90 Å². The number of carbonyl (C=O) groups excluding carboxylic acids is 3. The van der Waals surface area contributed by atoms with E-state index >= 15 is 0 Å². The molecule has 0 N–H and O–H groups in total. The van der Waals surface area contributed by atoms with Crippen LogP contribution in [0.4, 0.5) is 0 Å². The Morgan fingerprint density at radius 2 is 1.50 bits per heavy atom. The summed E-state index contributed by atoms with van der Waals surface area (Å²) in [5, 5.41) is 0. The van der Waals surface area contributed by atoms with Gasteiger partial charge in [0.2, 0.25) is 0 Å². The molecule has 0 atom stereocenters. The average Bonchev–Trinajstić information content (AvgIpc) is 2.66. The number of hydrogen-bond acceptors (Lipinski definition) is 5. The summed E-state index contributed by atoms with van der Waals surface area (Å²) in [5.41, 5.74) is 1.74. The first-order valence-electron chi connectivity index (χ1n) is 9.18. The number of Topliss-reactive ketones (excluding diaryl/α,β-unsaturated/α-hetero) is 3. The molecule has 0 aliphatic heterocycles. The summed E-state index contributed by atoms with van der Waals surface area (Å²) in [4.78, 5) is 37.7. The monoisotopic (exact) mass is 398 g/mol. The minimum absolute atomic E-state index is 0.0797. The number of benzene rings is 2. The molecule has 0 bridgehead atoms. The van der Waals surface area contributed by atoms with Gasteiger partial charge < -0.3 is 0 Å². The van der Waals surface area contributed by atoms with E-state index in [1.165, 1.54) is 12.1 Å². The lowest BCUT2D eigenvalue weighted by Crippen LogP contribution is -2.38. The van der Waals surface area contributed by atoms with E-state index in [0.29, 0.717) is 6.42 Å². The van der Waals surface area contributed by atoms with Gasteiger partial charge in [0.1, 0.15) is 5.92 Å². The Balaban J connectivity index is 1.62. The number of aryl methyl sites for hydroxylation is 1. The molecule has 146 valence electrons. The Bertz CT molecular complexity index is 973. The molecule has 6 heteroatoms. The van der Waals surface area contributed by atoms with Crippen LogP contribution < -0.4 is 0 Å². The fraction of sp³-hybridized carbons (Fsp3) is 0.318. The smallest absolute Gasteiger partial charge is 0.175 e. The molecule has 0 heterocycles. The zero-order valence-corrected chi connectivity index (χ0v) is 16.4. The average molecular weight is 398 g/mol. The normalized spacial score (nSPS) is 20.2. The molecule has 28 heavy (non-hydrogen) atoms. The van der Waals surface area contributed by atoms with Crippen molar-refractivity contribution in [2.45, 2.75) is 36.5 Å². The predicted octanol–water partition coefficient (Wildman–Crippen LogP) is 2.92. The van der Waals surface area contributed by atoms with E-state index in [1.54, 1.807) is 12.1 Å². The fourth-order valence-electron chi connectivity index (χ4n) is 3.61. The molecular formula is C22H22O5S. The molecule has 0 spiro atoms. The Labute approximate surface area is 164 Å². The highest BCUT2D eigenvalue weighted by Gasteiger charge is 2.39. The van der Waals surface area contributed by atoms with E-state index in [-0.39, 0.29) is 47.4 Å². The van der Waals surface area contributed by atoms with Gasteiger partial charge in [-0.2, -0.15) is 0 Å². The Morgan fingerprint density at radius 3 is 2.04 bits per heavy atom. The summed E-state index contributed by atoms with van der Waals surface area (Å²) >= 11 is 0. The van der Waals surface area contributed by atoms with Crippen LogP contribution in [0.2, 0.25) is 0 Å². The van der Waals surface area contributed by atoms with Crippen molar-refractivity contribution in [1.82, 2.24) is 0 Å². The topological polar surface area (TPSA) is 85.3 Å². The second kappa shape index (κ2) is 8.19. The lowest BCUT2D eigenvalue weighted by molar-refractivity contribution is -0.142. The van der Waals surface area contributed by atoms with Gasteiger partial charge >= 0.3 is 0 Å². The van der Waals surface area contributed by atoms with Gasteiger partial charge in [-0.25, -0.2) is 8.42 Å². The maximum Gasteiger partial charge on any atom is 0.175 e. The minimum atomic E-state index is -3.27.